The van der Waals surface area contributed by atoms with Gasteiger partial charge in [0, 0.05) is 29.6 Å². The number of Topliss-reactive ketones (excluding diaryl/α,β-unsaturated/α-hetero) is 2. The molecule has 3 fully saturated rings. The molecule has 4 aliphatic carbocycles. The Morgan fingerprint density at radius 3 is 2.50 bits per heavy atom. The number of phosphoric acid groups is 1. The van der Waals surface area contributed by atoms with Gasteiger partial charge in [0.1, 0.15) is 18.0 Å². The zero-order valence-electron chi connectivity index (χ0n) is 17.6. The first-order valence-electron chi connectivity index (χ1n) is 10.6. The van der Waals surface area contributed by atoms with Crippen LogP contribution in [0.5, 0.6) is 0 Å². The molecule has 0 aromatic heterocycles. The van der Waals surface area contributed by atoms with E-state index in [1.807, 2.05) is 0 Å². The van der Waals surface area contributed by atoms with Crippen LogP contribution in [0.3, 0.4) is 0 Å². The molecule has 0 spiro atoms. The topological polar surface area (TPSA) is 158 Å². The van der Waals surface area contributed by atoms with Crippen molar-refractivity contribution in [3.05, 3.63) is 11.6 Å². The predicted molar refractivity (Wildman–Crippen MR) is 114 cm³/mol. The number of ketones is 3. The molecule has 0 saturated heterocycles. The quantitative estimate of drug-likeness (QED) is 0.331. The first-order chi connectivity index (χ1) is 14.3. The Balaban J connectivity index is 0.00000289. The Kier molecular flexibility index (Phi) is 6.98. The van der Waals surface area contributed by atoms with Crippen LogP contribution in [0.1, 0.15) is 52.4 Å². The third kappa shape index (κ3) is 3.69. The number of fused-ring (bicyclic) bond motifs is 5. The van der Waals surface area contributed by atoms with Gasteiger partial charge in [-0.25, -0.2) is 4.57 Å². The van der Waals surface area contributed by atoms with Crippen LogP contribution < -0.4 is 0 Å². The van der Waals surface area contributed by atoms with Gasteiger partial charge in [0.15, 0.2) is 11.6 Å². The summed E-state index contributed by atoms with van der Waals surface area (Å²) in [5.41, 5.74) is -3.20. The van der Waals surface area contributed by atoms with E-state index in [0.717, 1.165) is 0 Å². The molecule has 0 aliphatic heterocycles. The van der Waals surface area contributed by atoms with Gasteiger partial charge < -0.3 is 20.0 Å². The predicted octanol–water partition coefficient (Wildman–Crippen LogP) is 0.429. The van der Waals surface area contributed by atoms with Crippen LogP contribution in [0.25, 0.3) is 0 Å². The number of phosphoric ester groups is 1. The fourth-order valence-electron chi connectivity index (χ4n) is 7.30. The van der Waals surface area contributed by atoms with Gasteiger partial charge in [-0.05, 0) is 43.6 Å². The van der Waals surface area contributed by atoms with Gasteiger partial charge in [0.05, 0.1) is 6.10 Å². The molecular weight excluding hydrogens is 450 g/mol. The van der Waals surface area contributed by atoms with E-state index in [4.69, 9.17) is 4.52 Å². The summed E-state index contributed by atoms with van der Waals surface area (Å²) in [6.07, 6.45) is 1.74. The summed E-state index contributed by atoms with van der Waals surface area (Å²) < 4.78 is 16.7. The molecule has 1 unspecified atom stereocenters. The minimum atomic E-state index is -4.91. The molecule has 4 aliphatic rings. The molecule has 32 heavy (non-hydrogen) atoms. The molecule has 0 bridgehead atoms. The number of hydrogen-bond acceptors (Lipinski definition) is 7. The maximum atomic E-state index is 13.6. The van der Waals surface area contributed by atoms with Crippen molar-refractivity contribution in [2.45, 2.75) is 64.1 Å². The molecule has 0 aromatic rings. The van der Waals surface area contributed by atoms with Crippen molar-refractivity contribution in [2.24, 2.45) is 28.6 Å². The van der Waals surface area contributed by atoms with E-state index in [0.29, 0.717) is 24.8 Å². The van der Waals surface area contributed by atoms with Crippen molar-refractivity contribution in [1.29, 1.82) is 0 Å². The zero-order chi connectivity index (χ0) is 23.0. The first-order valence-corrected chi connectivity index (χ1v) is 12.2. The summed E-state index contributed by atoms with van der Waals surface area (Å²) in [6.45, 7) is 2.67. The van der Waals surface area contributed by atoms with Crippen LogP contribution in [-0.4, -0.2) is 85.2 Å². The Hall–Kier alpha value is -0.220. The van der Waals surface area contributed by atoms with Crippen molar-refractivity contribution >= 4 is 54.7 Å². The van der Waals surface area contributed by atoms with Crippen molar-refractivity contribution < 1.29 is 43.5 Å². The molecule has 0 heterocycles. The van der Waals surface area contributed by atoms with E-state index in [1.165, 1.54) is 6.08 Å². The SMILES string of the molecule is C[C@]12CC(=O)[C@H]3[C@@H](CCC4=CC(=O)CC(OP(=O)(O)O)[C@@]43C)[C@@H]1CC[C@]2(O)C(=O)CO.[NaH]. The Bertz CT molecular complexity index is 928. The Morgan fingerprint density at radius 2 is 1.91 bits per heavy atom. The molecule has 174 valence electrons. The van der Waals surface area contributed by atoms with E-state index in [9.17, 15) is 38.9 Å². The maximum absolute atomic E-state index is 13.6. The summed E-state index contributed by atoms with van der Waals surface area (Å²) >= 11 is 0. The van der Waals surface area contributed by atoms with Crippen molar-refractivity contribution in [3.8, 4) is 0 Å². The van der Waals surface area contributed by atoms with Crippen LogP contribution in [0.4, 0.5) is 0 Å². The standard InChI is InChI=1S/C21H29O9P.Na.H/c1-19-9-15(24)18-13(14(19)5-6-21(19,26)16(25)10-22)4-3-11-7-12(23)8-17(20(11,18)2)30-31(27,28)29;;/h7,13-14,17-18,22,26H,3-6,8-10H2,1-2H3,(H2,27,28,29);;/t13-,14-,17?,18+,19-,20+,21-;;/m0../s1. The molecule has 0 radical (unpaired) electrons. The summed E-state index contributed by atoms with van der Waals surface area (Å²) in [7, 11) is -4.91. The first kappa shape index (κ1) is 26.4. The van der Waals surface area contributed by atoms with Crippen LogP contribution in [0.15, 0.2) is 11.6 Å². The molecular formula is C21H30NaO9P. The van der Waals surface area contributed by atoms with Crippen LogP contribution in [0, 0.1) is 28.6 Å². The number of carbonyl (C=O) groups is 3. The van der Waals surface area contributed by atoms with Crippen LogP contribution in [-0.2, 0) is 23.5 Å². The zero-order valence-corrected chi connectivity index (χ0v) is 18.5. The normalized spacial score (nSPS) is 43.5. The molecule has 0 aromatic carbocycles. The number of aliphatic hydroxyl groups excluding tert-OH is 1. The van der Waals surface area contributed by atoms with Gasteiger partial charge in [0.2, 0.25) is 0 Å². The Labute approximate surface area is 208 Å². The summed E-state index contributed by atoms with van der Waals surface area (Å²) in [5, 5.41) is 20.6. The van der Waals surface area contributed by atoms with E-state index in [2.05, 4.69) is 0 Å². The van der Waals surface area contributed by atoms with E-state index < -0.39 is 48.7 Å². The van der Waals surface area contributed by atoms with Crippen molar-refractivity contribution in [2.75, 3.05) is 6.61 Å². The number of hydrogen-bond donors (Lipinski definition) is 4. The van der Waals surface area contributed by atoms with Gasteiger partial charge in [-0.1, -0.05) is 19.4 Å². The van der Waals surface area contributed by atoms with Gasteiger partial charge in [-0.2, -0.15) is 0 Å². The van der Waals surface area contributed by atoms with Crippen molar-refractivity contribution in [1.82, 2.24) is 0 Å². The fourth-order valence-corrected chi connectivity index (χ4v) is 7.93. The van der Waals surface area contributed by atoms with Gasteiger partial charge in [-0.3, -0.25) is 18.9 Å². The van der Waals surface area contributed by atoms with Crippen molar-refractivity contribution in [3.63, 3.8) is 0 Å². The third-order valence-electron chi connectivity index (χ3n) is 8.76. The van der Waals surface area contributed by atoms with Gasteiger partial charge >= 0.3 is 37.4 Å². The van der Waals surface area contributed by atoms with Gasteiger partial charge in [-0.15, -0.1) is 0 Å². The second-order valence-corrected chi connectivity index (χ2v) is 11.2. The second kappa shape index (κ2) is 8.47. The number of aliphatic hydroxyl groups is 2. The molecule has 7 atom stereocenters. The number of carbonyl (C=O) groups excluding carboxylic acids is 3. The average Bonchev–Trinajstić information content (AvgIpc) is 2.92. The molecule has 9 nitrogen and oxygen atoms in total. The molecule has 4 N–H and O–H groups in total. The molecule has 0 amide bonds. The third-order valence-corrected chi connectivity index (χ3v) is 9.29. The summed E-state index contributed by atoms with van der Waals surface area (Å²) in [4.78, 5) is 57.2. The minimum absolute atomic E-state index is 0. The molecule has 3 saturated carbocycles. The Morgan fingerprint density at radius 1 is 1.25 bits per heavy atom. The number of rotatable bonds is 4. The van der Waals surface area contributed by atoms with Gasteiger partial charge in [0.25, 0.3) is 0 Å². The fraction of sp³-hybridized carbons (Fsp3) is 0.762. The van der Waals surface area contributed by atoms with E-state index in [1.54, 1.807) is 13.8 Å². The monoisotopic (exact) mass is 480 g/mol. The summed E-state index contributed by atoms with van der Waals surface area (Å²) in [5.74, 6) is -2.23. The van der Waals surface area contributed by atoms with Crippen LogP contribution in [0.2, 0.25) is 0 Å². The average molecular weight is 480 g/mol. The summed E-state index contributed by atoms with van der Waals surface area (Å²) in [6, 6.07) is 0. The van der Waals surface area contributed by atoms with E-state index in [-0.39, 0.29) is 72.2 Å². The molecule has 11 heteroatoms. The van der Waals surface area contributed by atoms with Crippen LogP contribution >= 0.6 is 7.82 Å². The van der Waals surface area contributed by atoms with E-state index >= 15 is 0 Å². The second-order valence-electron chi connectivity index (χ2n) is 10.0. The molecule has 4 rings (SSSR count).